The zero-order chi connectivity index (χ0) is 8.65. The Hall–Kier alpha value is 0.0249. The molecule has 1 nitrogen and oxygen atoms in total. The maximum Gasteiger partial charge on any atom is 0.0707 e. The van der Waals surface area contributed by atoms with Gasteiger partial charge in [-0.3, -0.25) is 0 Å². The van der Waals surface area contributed by atoms with Crippen LogP contribution in [-0.2, 0) is 0 Å². The standard InChI is InChI=1S/C9H17BO/c1-6-7(5-11)4-8(10)9(6,2)3/h6-8,11H,4-5H2,1-3H3/t6-,7-,8-/m1/s1. The highest BCUT2D eigenvalue weighted by molar-refractivity contribution is 6.12. The van der Waals surface area contributed by atoms with Crippen LogP contribution < -0.4 is 0 Å². The van der Waals surface area contributed by atoms with E-state index in [-0.39, 0.29) is 17.8 Å². The molecule has 3 atom stereocenters. The van der Waals surface area contributed by atoms with Gasteiger partial charge in [-0.1, -0.05) is 33.0 Å². The van der Waals surface area contributed by atoms with Crippen molar-refractivity contribution in [3.8, 4) is 0 Å². The van der Waals surface area contributed by atoms with Gasteiger partial charge in [0.25, 0.3) is 0 Å². The van der Waals surface area contributed by atoms with Crippen LogP contribution in [0.4, 0.5) is 0 Å². The summed E-state index contributed by atoms with van der Waals surface area (Å²) in [5, 5.41) is 9.03. The summed E-state index contributed by atoms with van der Waals surface area (Å²) in [7, 11) is 5.96. The zero-order valence-corrected chi connectivity index (χ0v) is 7.67. The minimum absolute atomic E-state index is 0.202. The molecule has 0 unspecified atom stereocenters. The molecule has 11 heavy (non-hydrogen) atoms. The van der Waals surface area contributed by atoms with E-state index in [2.05, 4.69) is 20.8 Å². The minimum Gasteiger partial charge on any atom is -0.396 e. The van der Waals surface area contributed by atoms with Crippen molar-refractivity contribution >= 4 is 7.85 Å². The smallest absolute Gasteiger partial charge is 0.0707 e. The van der Waals surface area contributed by atoms with Crippen LogP contribution in [0.2, 0.25) is 5.82 Å². The van der Waals surface area contributed by atoms with Crippen LogP contribution in [0.5, 0.6) is 0 Å². The minimum atomic E-state index is 0.202. The average molecular weight is 152 g/mol. The van der Waals surface area contributed by atoms with Crippen molar-refractivity contribution in [3.05, 3.63) is 0 Å². The monoisotopic (exact) mass is 152 g/mol. The summed E-state index contributed by atoms with van der Waals surface area (Å²) in [6, 6.07) is 0. The lowest BCUT2D eigenvalue weighted by Crippen LogP contribution is -2.23. The van der Waals surface area contributed by atoms with Gasteiger partial charge >= 0.3 is 0 Å². The molecule has 1 N–H and O–H groups in total. The molecular weight excluding hydrogens is 135 g/mol. The summed E-state index contributed by atoms with van der Waals surface area (Å²) >= 11 is 0. The molecule has 62 valence electrons. The summed E-state index contributed by atoms with van der Waals surface area (Å²) in [5.41, 5.74) is 0.202. The van der Waals surface area contributed by atoms with Crippen LogP contribution in [0.15, 0.2) is 0 Å². The SMILES string of the molecule is [B][C@@H]1C[C@H](CO)[C@@H](C)C1(C)C. The molecule has 1 aliphatic carbocycles. The maximum absolute atomic E-state index is 9.03. The van der Waals surface area contributed by atoms with Crippen molar-refractivity contribution in [1.29, 1.82) is 0 Å². The lowest BCUT2D eigenvalue weighted by Gasteiger charge is -2.30. The lowest BCUT2D eigenvalue weighted by atomic mass is 9.67. The predicted molar refractivity (Wildman–Crippen MR) is 47.6 cm³/mol. The van der Waals surface area contributed by atoms with Crippen LogP contribution in [0.1, 0.15) is 27.2 Å². The zero-order valence-electron chi connectivity index (χ0n) is 7.67. The highest BCUT2D eigenvalue weighted by Crippen LogP contribution is 2.52. The molecule has 1 rings (SSSR count). The number of aliphatic hydroxyl groups excluding tert-OH is 1. The van der Waals surface area contributed by atoms with E-state index in [0.717, 1.165) is 6.42 Å². The molecule has 1 aliphatic rings. The van der Waals surface area contributed by atoms with Crippen molar-refractivity contribution in [1.82, 2.24) is 0 Å². The van der Waals surface area contributed by atoms with Crippen LogP contribution in [0, 0.1) is 17.3 Å². The first-order valence-corrected chi connectivity index (χ1v) is 4.36. The van der Waals surface area contributed by atoms with Gasteiger partial charge in [-0.05, 0) is 17.3 Å². The normalized spacial score (nSPS) is 42.7. The number of hydrogen-bond donors (Lipinski definition) is 1. The predicted octanol–water partition coefficient (Wildman–Crippen LogP) is 1.62. The lowest BCUT2D eigenvalue weighted by molar-refractivity contribution is 0.162. The molecule has 2 radical (unpaired) electrons. The summed E-state index contributed by atoms with van der Waals surface area (Å²) in [4.78, 5) is 0. The number of aliphatic hydroxyl groups is 1. The molecule has 0 heterocycles. The molecule has 0 aromatic rings. The third kappa shape index (κ3) is 1.33. The van der Waals surface area contributed by atoms with E-state index in [9.17, 15) is 0 Å². The summed E-state index contributed by atoms with van der Waals surface area (Å²) < 4.78 is 0. The first kappa shape index (κ1) is 9.12. The number of hydrogen-bond acceptors (Lipinski definition) is 1. The topological polar surface area (TPSA) is 20.2 Å². The van der Waals surface area contributed by atoms with Gasteiger partial charge in [0, 0.05) is 6.61 Å². The Morgan fingerprint density at radius 2 is 2.09 bits per heavy atom. The van der Waals surface area contributed by atoms with Crippen molar-refractivity contribution in [2.45, 2.75) is 33.0 Å². The molecule has 1 fully saturated rings. The average Bonchev–Trinajstić information content (AvgIpc) is 2.14. The molecule has 0 aromatic heterocycles. The first-order chi connectivity index (χ1) is 5.00. The third-order valence-corrected chi connectivity index (χ3v) is 3.63. The second kappa shape index (κ2) is 2.82. The van der Waals surface area contributed by atoms with E-state index in [1.54, 1.807) is 0 Å². The molecule has 0 saturated heterocycles. The van der Waals surface area contributed by atoms with Crippen molar-refractivity contribution < 1.29 is 5.11 Å². The van der Waals surface area contributed by atoms with Gasteiger partial charge in [0.1, 0.15) is 0 Å². The Morgan fingerprint density at radius 3 is 2.27 bits per heavy atom. The van der Waals surface area contributed by atoms with Gasteiger partial charge in [-0.15, -0.1) is 0 Å². The molecule has 0 aromatic carbocycles. The van der Waals surface area contributed by atoms with Gasteiger partial charge in [0.2, 0.25) is 0 Å². The molecule has 0 amide bonds. The Labute approximate surface area is 70.6 Å². The van der Waals surface area contributed by atoms with Crippen molar-refractivity contribution in [2.24, 2.45) is 17.3 Å². The van der Waals surface area contributed by atoms with E-state index < -0.39 is 0 Å². The molecule has 1 saturated carbocycles. The fraction of sp³-hybridized carbons (Fsp3) is 1.00. The van der Waals surface area contributed by atoms with Crippen LogP contribution in [-0.4, -0.2) is 19.6 Å². The van der Waals surface area contributed by atoms with E-state index in [0.29, 0.717) is 11.8 Å². The first-order valence-electron chi connectivity index (χ1n) is 4.36. The van der Waals surface area contributed by atoms with Gasteiger partial charge in [0.15, 0.2) is 0 Å². The fourth-order valence-corrected chi connectivity index (χ4v) is 2.01. The van der Waals surface area contributed by atoms with Crippen LogP contribution >= 0.6 is 0 Å². The Kier molecular flexibility index (Phi) is 2.33. The third-order valence-electron chi connectivity index (χ3n) is 3.63. The van der Waals surface area contributed by atoms with Gasteiger partial charge in [-0.25, -0.2) is 0 Å². The Bertz CT molecular complexity index is 144. The van der Waals surface area contributed by atoms with Crippen LogP contribution in [0.3, 0.4) is 0 Å². The molecule has 2 heteroatoms. The Balaban J connectivity index is 2.71. The number of rotatable bonds is 1. The molecule has 0 bridgehead atoms. The van der Waals surface area contributed by atoms with Gasteiger partial charge in [0.05, 0.1) is 7.85 Å². The fourth-order valence-electron chi connectivity index (χ4n) is 2.01. The molecule has 0 spiro atoms. The second-order valence-corrected chi connectivity index (χ2v) is 4.39. The molecule has 0 aliphatic heterocycles. The Morgan fingerprint density at radius 1 is 1.55 bits per heavy atom. The summed E-state index contributed by atoms with van der Waals surface area (Å²) in [6.07, 6.45) is 0.977. The summed E-state index contributed by atoms with van der Waals surface area (Å²) in [5.74, 6) is 1.22. The highest BCUT2D eigenvalue weighted by Gasteiger charge is 2.43. The highest BCUT2D eigenvalue weighted by atomic mass is 16.3. The molecular formula is C9H17BO. The van der Waals surface area contributed by atoms with E-state index in [4.69, 9.17) is 13.0 Å². The van der Waals surface area contributed by atoms with Gasteiger partial charge < -0.3 is 5.11 Å². The van der Waals surface area contributed by atoms with Crippen molar-refractivity contribution in [3.63, 3.8) is 0 Å². The van der Waals surface area contributed by atoms with Gasteiger partial charge in [-0.2, -0.15) is 0 Å². The largest absolute Gasteiger partial charge is 0.396 e. The quantitative estimate of drug-likeness (QED) is 0.566. The van der Waals surface area contributed by atoms with E-state index in [1.807, 2.05) is 0 Å². The maximum atomic E-state index is 9.03. The summed E-state index contributed by atoms with van der Waals surface area (Å²) in [6.45, 7) is 6.86. The van der Waals surface area contributed by atoms with Crippen molar-refractivity contribution in [2.75, 3.05) is 6.61 Å². The van der Waals surface area contributed by atoms with E-state index in [1.165, 1.54) is 0 Å². The van der Waals surface area contributed by atoms with Crippen LogP contribution in [0.25, 0.3) is 0 Å². The second-order valence-electron chi connectivity index (χ2n) is 4.39. The van der Waals surface area contributed by atoms with E-state index >= 15 is 0 Å².